The first-order valence-corrected chi connectivity index (χ1v) is 8.79. The van der Waals surface area contributed by atoms with Crippen LogP contribution in [0.2, 0.25) is 0 Å². The molecular formula is C20H23N5O. The van der Waals surface area contributed by atoms with Crippen LogP contribution in [-0.4, -0.2) is 20.6 Å². The van der Waals surface area contributed by atoms with Gasteiger partial charge >= 0.3 is 6.03 Å². The molecule has 0 fully saturated rings. The Morgan fingerprint density at radius 3 is 2.69 bits per heavy atom. The normalized spacial score (nSPS) is 11.7. The number of aromatic nitrogens is 3. The zero-order chi connectivity index (χ0) is 18.2. The first-order valence-electron chi connectivity index (χ1n) is 8.79. The Morgan fingerprint density at radius 2 is 2.04 bits per heavy atom. The van der Waals surface area contributed by atoms with Gasteiger partial charge < -0.3 is 10.6 Å². The highest BCUT2D eigenvalue weighted by atomic mass is 16.2. The molecule has 2 N–H and O–H groups in total. The molecule has 0 aliphatic carbocycles. The number of carbonyl (C=O) groups is 1. The van der Waals surface area contributed by atoms with Gasteiger partial charge in [0.05, 0.1) is 6.04 Å². The van der Waals surface area contributed by atoms with Gasteiger partial charge in [-0.15, -0.1) is 0 Å². The number of urea groups is 1. The molecule has 0 unspecified atom stereocenters. The number of pyridine rings is 1. The van der Waals surface area contributed by atoms with Crippen LogP contribution >= 0.6 is 0 Å². The lowest BCUT2D eigenvalue weighted by atomic mass is 10.0. The van der Waals surface area contributed by atoms with Gasteiger partial charge in [0.25, 0.3) is 0 Å². The average Bonchev–Trinajstić information content (AvgIpc) is 3.22. The van der Waals surface area contributed by atoms with Gasteiger partial charge in [-0.25, -0.2) is 14.8 Å². The lowest BCUT2D eigenvalue weighted by Gasteiger charge is -2.19. The van der Waals surface area contributed by atoms with Crippen molar-refractivity contribution in [2.24, 2.45) is 0 Å². The van der Waals surface area contributed by atoms with Crippen molar-refractivity contribution in [1.29, 1.82) is 0 Å². The lowest BCUT2D eigenvalue weighted by Crippen LogP contribution is -2.37. The maximum Gasteiger partial charge on any atom is 0.315 e. The van der Waals surface area contributed by atoms with Gasteiger partial charge in [0.15, 0.2) is 0 Å². The number of rotatable bonds is 7. The van der Waals surface area contributed by atoms with Gasteiger partial charge in [-0.2, -0.15) is 0 Å². The van der Waals surface area contributed by atoms with Crippen LogP contribution in [0.5, 0.6) is 0 Å². The molecule has 0 saturated heterocycles. The summed E-state index contributed by atoms with van der Waals surface area (Å²) in [4.78, 5) is 20.7. The predicted octanol–water partition coefficient (Wildman–Crippen LogP) is 3.61. The summed E-state index contributed by atoms with van der Waals surface area (Å²) in [5, 5.41) is 5.96. The second-order valence-electron chi connectivity index (χ2n) is 6.07. The Bertz CT molecular complexity index is 800. The van der Waals surface area contributed by atoms with Gasteiger partial charge in [0.2, 0.25) is 0 Å². The van der Waals surface area contributed by atoms with E-state index in [0.717, 1.165) is 29.8 Å². The van der Waals surface area contributed by atoms with Crippen molar-refractivity contribution in [1.82, 2.24) is 25.2 Å². The SMILES string of the molecule is CCC[C@@H](NC(=O)NCc1ccc(-n2ccnc2)nc1)c1ccccc1. The van der Waals surface area contributed by atoms with Crippen LogP contribution in [0.1, 0.15) is 36.9 Å². The summed E-state index contributed by atoms with van der Waals surface area (Å²) >= 11 is 0. The molecule has 1 atom stereocenters. The van der Waals surface area contributed by atoms with Crippen molar-refractivity contribution in [3.63, 3.8) is 0 Å². The molecule has 2 amide bonds. The van der Waals surface area contributed by atoms with Gasteiger partial charge in [0, 0.05) is 25.1 Å². The van der Waals surface area contributed by atoms with Gasteiger partial charge in [-0.05, 0) is 23.6 Å². The third-order valence-electron chi connectivity index (χ3n) is 4.12. The van der Waals surface area contributed by atoms with Gasteiger partial charge in [-0.1, -0.05) is 49.7 Å². The molecule has 0 radical (unpaired) electrons. The van der Waals surface area contributed by atoms with Crippen LogP contribution in [-0.2, 0) is 6.54 Å². The molecule has 2 heterocycles. The quantitative estimate of drug-likeness (QED) is 0.684. The summed E-state index contributed by atoms with van der Waals surface area (Å²) in [5.41, 5.74) is 2.06. The summed E-state index contributed by atoms with van der Waals surface area (Å²) < 4.78 is 1.83. The van der Waals surface area contributed by atoms with Gasteiger partial charge in [-0.3, -0.25) is 4.57 Å². The monoisotopic (exact) mass is 349 g/mol. The molecule has 1 aromatic carbocycles. The highest BCUT2D eigenvalue weighted by Crippen LogP contribution is 2.17. The van der Waals surface area contributed by atoms with Crippen molar-refractivity contribution in [2.75, 3.05) is 0 Å². The maximum atomic E-state index is 12.3. The van der Waals surface area contributed by atoms with Gasteiger partial charge in [0.1, 0.15) is 12.1 Å². The number of amides is 2. The first kappa shape index (κ1) is 17.7. The molecule has 0 aliphatic heterocycles. The van der Waals surface area contributed by atoms with E-state index in [9.17, 15) is 4.79 Å². The fraction of sp³-hybridized carbons (Fsp3) is 0.250. The van der Waals surface area contributed by atoms with Crippen LogP contribution in [0.4, 0.5) is 4.79 Å². The van der Waals surface area contributed by atoms with Crippen LogP contribution in [0.3, 0.4) is 0 Å². The van der Waals surface area contributed by atoms with E-state index in [1.165, 1.54) is 0 Å². The molecule has 6 nitrogen and oxygen atoms in total. The van der Waals surface area contributed by atoms with E-state index in [-0.39, 0.29) is 12.1 Å². The van der Waals surface area contributed by atoms with E-state index in [4.69, 9.17) is 0 Å². The third kappa shape index (κ3) is 4.69. The summed E-state index contributed by atoms with van der Waals surface area (Å²) in [6.45, 7) is 2.54. The van der Waals surface area contributed by atoms with E-state index < -0.39 is 0 Å². The summed E-state index contributed by atoms with van der Waals surface area (Å²) in [5.74, 6) is 0.794. The fourth-order valence-electron chi connectivity index (χ4n) is 2.76. The number of hydrogen-bond donors (Lipinski definition) is 2. The number of imidazole rings is 1. The van der Waals surface area contributed by atoms with Crippen LogP contribution in [0.15, 0.2) is 67.4 Å². The first-order chi connectivity index (χ1) is 12.8. The highest BCUT2D eigenvalue weighted by molar-refractivity contribution is 5.74. The molecule has 3 aromatic rings. The van der Waals surface area contributed by atoms with E-state index in [1.807, 2.05) is 53.2 Å². The number of carbonyl (C=O) groups excluding carboxylic acids is 1. The minimum absolute atomic E-state index is 0.0166. The minimum Gasteiger partial charge on any atom is -0.334 e. The van der Waals surface area contributed by atoms with Crippen molar-refractivity contribution in [3.8, 4) is 5.82 Å². The van der Waals surface area contributed by atoms with Crippen molar-refractivity contribution in [3.05, 3.63) is 78.5 Å². The van der Waals surface area contributed by atoms with Crippen LogP contribution < -0.4 is 10.6 Å². The van der Waals surface area contributed by atoms with Crippen molar-refractivity contribution in [2.45, 2.75) is 32.4 Å². The minimum atomic E-state index is -0.175. The Kier molecular flexibility index (Phi) is 5.98. The summed E-state index contributed by atoms with van der Waals surface area (Å²) in [7, 11) is 0. The topological polar surface area (TPSA) is 71.8 Å². The zero-order valence-corrected chi connectivity index (χ0v) is 14.8. The number of nitrogens with one attached hydrogen (secondary N) is 2. The fourth-order valence-corrected chi connectivity index (χ4v) is 2.76. The summed E-state index contributed by atoms with van der Waals surface area (Å²) in [6.07, 6.45) is 8.91. The standard InChI is InChI=1S/C20H23N5O/c1-2-6-18(17-7-4-3-5-8-17)24-20(26)23-14-16-9-10-19(22-13-16)25-12-11-21-15-25/h3-5,7-13,15,18H,2,6,14H2,1H3,(H2,23,24,26)/t18-/m1/s1. The Balaban J connectivity index is 1.54. The molecule has 0 saturated carbocycles. The second kappa shape index (κ2) is 8.80. The highest BCUT2D eigenvalue weighted by Gasteiger charge is 2.13. The van der Waals surface area contributed by atoms with Crippen LogP contribution in [0, 0.1) is 0 Å². The predicted molar refractivity (Wildman–Crippen MR) is 101 cm³/mol. The largest absolute Gasteiger partial charge is 0.334 e. The molecule has 0 aliphatic rings. The number of nitrogens with zero attached hydrogens (tertiary/aromatic N) is 3. The Hall–Kier alpha value is -3.15. The van der Waals surface area contributed by atoms with E-state index in [0.29, 0.717) is 6.54 Å². The molecule has 0 spiro atoms. The molecule has 0 bridgehead atoms. The molecule has 26 heavy (non-hydrogen) atoms. The van der Waals surface area contributed by atoms with E-state index in [1.54, 1.807) is 18.7 Å². The van der Waals surface area contributed by atoms with E-state index in [2.05, 4.69) is 27.5 Å². The molecule has 3 rings (SSSR count). The zero-order valence-electron chi connectivity index (χ0n) is 14.8. The Labute approximate surface area is 153 Å². The third-order valence-corrected chi connectivity index (χ3v) is 4.12. The maximum absolute atomic E-state index is 12.3. The summed E-state index contributed by atoms with van der Waals surface area (Å²) in [6, 6.07) is 13.7. The van der Waals surface area contributed by atoms with E-state index >= 15 is 0 Å². The molecule has 134 valence electrons. The van der Waals surface area contributed by atoms with Crippen molar-refractivity contribution >= 4 is 6.03 Å². The Morgan fingerprint density at radius 1 is 1.19 bits per heavy atom. The second-order valence-corrected chi connectivity index (χ2v) is 6.07. The smallest absolute Gasteiger partial charge is 0.315 e. The molecule has 2 aromatic heterocycles. The van der Waals surface area contributed by atoms with Crippen LogP contribution in [0.25, 0.3) is 5.82 Å². The lowest BCUT2D eigenvalue weighted by molar-refractivity contribution is 0.236. The van der Waals surface area contributed by atoms with Crippen molar-refractivity contribution < 1.29 is 4.79 Å². The number of hydrogen-bond acceptors (Lipinski definition) is 3. The molecular weight excluding hydrogens is 326 g/mol. The average molecular weight is 349 g/mol. The molecule has 6 heteroatoms. The number of benzene rings is 1.